The minimum atomic E-state index is -4.57. The number of hydrogen-bond acceptors (Lipinski definition) is 4. The van der Waals surface area contributed by atoms with Gasteiger partial charge in [-0.3, -0.25) is 4.79 Å². The van der Waals surface area contributed by atoms with Crippen LogP contribution in [-0.2, 0) is 6.18 Å². The van der Waals surface area contributed by atoms with Gasteiger partial charge in [-0.2, -0.15) is 13.2 Å². The molecule has 0 bridgehead atoms. The molecule has 2 aromatic heterocycles. The molecule has 1 aliphatic heterocycles. The lowest BCUT2D eigenvalue weighted by molar-refractivity contribution is -0.138. The summed E-state index contributed by atoms with van der Waals surface area (Å²) in [5, 5.41) is 0. The number of benzene rings is 1. The van der Waals surface area contributed by atoms with Crippen LogP contribution in [-0.4, -0.2) is 51.5 Å². The molecule has 4 rings (SSSR count). The zero-order chi connectivity index (χ0) is 21.3. The molecule has 1 saturated heterocycles. The third-order valence-electron chi connectivity index (χ3n) is 5.03. The summed E-state index contributed by atoms with van der Waals surface area (Å²) in [4.78, 5) is 25.2. The van der Waals surface area contributed by atoms with E-state index >= 15 is 0 Å². The van der Waals surface area contributed by atoms with E-state index in [1.807, 2.05) is 47.0 Å². The number of aryl methyl sites for hydroxylation is 1. The molecule has 9 heteroatoms. The number of anilines is 1. The van der Waals surface area contributed by atoms with Gasteiger partial charge in [0.15, 0.2) is 0 Å². The highest BCUT2D eigenvalue weighted by atomic mass is 19.4. The van der Waals surface area contributed by atoms with Gasteiger partial charge in [0.2, 0.25) is 0 Å². The van der Waals surface area contributed by atoms with Gasteiger partial charge in [0.05, 0.1) is 11.1 Å². The van der Waals surface area contributed by atoms with Crippen LogP contribution in [0, 0.1) is 6.92 Å². The Kier molecular flexibility index (Phi) is 5.19. The molecule has 0 N–H and O–H groups in total. The summed E-state index contributed by atoms with van der Waals surface area (Å²) in [5.41, 5.74) is -1.22. The second-order valence-corrected chi connectivity index (χ2v) is 7.04. The fraction of sp³-hybridized carbons (Fsp3) is 0.286. The molecule has 0 saturated carbocycles. The Labute approximate surface area is 171 Å². The number of piperazine rings is 1. The maximum atomic E-state index is 13.3. The molecule has 0 radical (unpaired) electrons. The van der Waals surface area contributed by atoms with E-state index in [4.69, 9.17) is 0 Å². The van der Waals surface area contributed by atoms with E-state index in [1.54, 1.807) is 0 Å². The van der Waals surface area contributed by atoms with Gasteiger partial charge in [-0.15, -0.1) is 0 Å². The van der Waals surface area contributed by atoms with E-state index < -0.39 is 17.6 Å². The van der Waals surface area contributed by atoms with Crippen LogP contribution < -0.4 is 4.90 Å². The minimum absolute atomic E-state index is 0.312. The van der Waals surface area contributed by atoms with Crippen molar-refractivity contribution in [1.29, 1.82) is 0 Å². The molecule has 30 heavy (non-hydrogen) atoms. The van der Waals surface area contributed by atoms with E-state index in [9.17, 15) is 18.0 Å². The van der Waals surface area contributed by atoms with Gasteiger partial charge in [-0.05, 0) is 31.2 Å². The number of aromatic nitrogens is 3. The summed E-state index contributed by atoms with van der Waals surface area (Å²) in [7, 11) is 0. The predicted octanol–water partition coefficient (Wildman–Crippen LogP) is 3.56. The molecular weight excluding hydrogens is 395 g/mol. The molecule has 1 aliphatic rings. The van der Waals surface area contributed by atoms with E-state index in [0.29, 0.717) is 32.0 Å². The molecule has 0 unspecified atom stereocenters. The van der Waals surface area contributed by atoms with Crippen LogP contribution in [0.15, 0.2) is 54.9 Å². The Balaban J connectivity index is 1.49. The highest BCUT2D eigenvalue weighted by Crippen LogP contribution is 2.32. The van der Waals surface area contributed by atoms with Crippen molar-refractivity contribution in [2.24, 2.45) is 0 Å². The van der Waals surface area contributed by atoms with Gasteiger partial charge < -0.3 is 14.4 Å². The van der Waals surface area contributed by atoms with Crippen LogP contribution >= 0.6 is 0 Å². The van der Waals surface area contributed by atoms with Gasteiger partial charge >= 0.3 is 6.18 Å². The summed E-state index contributed by atoms with van der Waals surface area (Å²) in [6.07, 6.45) is -0.790. The molecule has 0 spiro atoms. The molecule has 1 aromatic carbocycles. The van der Waals surface area contributed by atoms with Crippen molar-refractivity contribution in [3.05, 3.63) is 71.8 Å². The zero-order valence-electron chi connectivity index (χ0n) is 16.3. The number of nitrogens with zero attached hydrogens (tertiary/aromatic N) is 5. The molecule has 3 aromatic rings. The molecule has 1 fully saturated rings. The van der Waals surface area contributed by atoms with Crippen molar-refractivity contribution >= 4 is 11.7 Å². The Morgan fingerprint density at radius 1 is 0.933 bits per heavy atom. The lowest BCUT2D eigenvalue weighted by Gasteiger charge is -2.36. The quantitative estimate of drug-likeness (QED) is 0.657. The first-order valence-corrected chi connectivity index (χ1v) is 9.52. The zero-order valence-corrected chi connectivity index (χ0v) is 16.3. The molecule has 3 heterocycles. The van der Waals surface area contributed by atoms with Crippen molar-refractivity contribution in [3.8, 4) is 5.82 Å². The van der Waals surface area contributed by atoms with Gasteiger partial charge in [0, 0.05) is 44.6 Å². The molecular formula is C21H20F3N5O. The minimum Gasteiger partial charge on any atom is -0.353 e. The predicted molar refractivity (Wildman–Crippen MR) is 106 cm³/mol. The summed E-state index contributed by atoms with van der Waals surface area (Å²) in [6, 6.07) is 10.6. The highest BCUT2D eigenvalue weighted by molar-refractivity contribution is 5.96. The summed E-state index contributed by atoms with van der Waals surface area (Å²) >= 11 is 0. The van der Waals surface area contributed by atoms with Crippen molar-refractivity contribution in [1.82, 2.24) is 19.4 Å². The number of amides is 1. The van der Waals surface area contributed by atoms with E-state index in [2.05, 4.69) is 9.97 Å². The Morgan fingerprint density at radius 3 is 2.23 bits per heavy atom. The first kappa shape index (κ1) is 19.9. The van der Waals surface area contributed by atoms with Crippen molar-refractivity contribution in [2.45, 2.75) is 13.1 Å². The molecule has 156 valence electrons. The maximum Gasteiger partial charge on any atom is 0.417 e. The Hall–Kier alpha value is -3.36. The second-order valence-electron chi connectivity index (χ2n) is 7.04. The molecule has 6 nitrogen and oxygen atoms in total. The van der Waals surface area contributed by atoms with Crippen LogP contribution in [0.25, 0.3) is 5.82 Å². The van der Waals surface area contributed by atoms with E-state index in [0.717, 1.165) is 17.7 Å². The lowest BCUT2D eigenvalue weighted by Crippen LogP contribution is -2.49. The van der Waals surface area contributed by atoms with Crippen LogP contribution in [0.4, 0.5) is 19.0 Å². The second kappa shape index (κ2) is 7.81. The molecule has 0 atom stereocenters. The number of carbonyl (C=O) groups excluding carboxylic acids is 1. The first-order valence-electron chi connectivity index (χ1n) is 9.52. The molecule has 0 aliphatic carbocycles. The van der Waals surface area contributed by atoms with E-state index in [1.165, 1.54) is 23.1 Å². The Morgan fingerprint density at radius 2 is 1.57 bits per heavy atom. The van der Waals surface area contributed by atoms with Crippen molar-refractivity contribution in [2.75, 3.05) is 31.1 Å². The maximum absolute atomic E-state index is 13.3. The summed E-state index contributed by atoms with van der Waals surface area (Å²) in [5.74, 6) is 1.48. The van der Waals surface area contributed by atoms with Gasteiger partial charge in [0.25, 0.3) is 5.91 Å². The Bertz CT molecular complexity index is 1040. The highest BCUT2D eigenvalue weighted by Gasteiger charge is 2.36. The largest absolute Gasteiger partial charge is 0.417 e. The standard InChI is InChI=1S/C21H20F3N5O/c1-15-25-18(27-8-4-5-9-27)14-19(26-15)28-10-12-29(13-11-28)20(30)16-6-2-3-7-17(16)21(22,23)24/h2-9,14H,10-13H2,1H3. The third kappa shape index (κ3) is 4.00. The average molecular weight is 415 g/mol. The number of alkyl halides is 3. The van der Waals surface area contributed by atoms with Crippen LogP contribution in [0.5, 0.6) is 0 Å². The first-order chi connectivity index (χ1) is 14.3. The topological polar surface area (TPSA) is 54.3 Å². The van der Waals surface area contributed by atoms with Gasteiger partial charge in [0.1, 0.15) is 17.5 Å². The average Bonchev–Trinajstić information content (AvgIpc) is 3.27. The monoisotopic (exact) mass is 415 g/mol. The number of carbonyl (C=O) groups is 1. The summed E-state index contributed by atoms with van der Waals surface area (Å²) in [6.45, 7) is 3.38. The number of hydrogen-bond donors (Lipinski definition) is 0. The third-order valence-corrected chi connectivity index (χ3v) is 5.03. The van der Waals surface area contributed by atoms with Crippen LogP contribution in [0.2, 0.25) is 0 Å². The van der Waals surface area contributed by atoms with Crippen molar-refractivity contribution < 1.29 is 18.0 Å². The summed E-state index contributed by atoms with van der Waals surface area (Å²) < 4.78 is 41.7. The SMILES string of the molecule is Cc1nc(N2CCN(C(=O)c3ccccc3C(F)(F)F)CC2)cc(-n2cccc2)n1. The van der Waals surface area contributed by atoms with Crippen LogP contribution in [0.1, 0.15) is 21.7 Å². The smallest absolute Gasteiger partial charge is 0.353 e. The fourth-order valence-electron chi connectivity index (χ4n) is 3.54. The van der Waals surface area contributed by atoms with Crippen LogP contribution in [0.3, 0.4) is 0 Å². The van der Waals surface area contributed by atoms with Gasteiger partial charge in [-0.25, -0.2) is 9.97 Å². The van der Waals surface area contributed by atoms with Crippen molar-refractivity contribution in [3.63, 3.8) is 0 Å². The number of rotatable bonds is 3. The van der Waals surface area contributed by atoms with E-state index in [-0.39, 0.29) is 5.56 Å². The lowest BCUT2D eigenvalue weighted by atomic mass is 10.1. The number of halogens is 3. The van der Waals surface area contributed by atoms with Gasteiger partial charge in [-0.1, -0.05) is 12.1 Å². The fourth-order valence-corrected chi connectivity index (χ4v) is 3.54. The molecule has 1 amide bonds. The normalized spacial score (nSPS) is 14.8.